The number of benzene rings is 1. The zero-order chi connectivity index (χ0) is 21.7. The van der Waals surface area contributed by atoms with Gasteiger partial charge < -0.3 is 24.2 Å². The van der Waals surface area contributed by atoms with Crippen molar-refractivity contribution in [1.29, 1.82) is 0 Å². The molecule has 3 rings (SSSR count). The van der Waals surface area contributed by atoms with Gasteiger partial charge in [0.15, 0.2) is 0 Å². The molecule has 0 bridgehead atoms. The number of nitrogens with one attached hydrogen (secondary N) is 1. The number of rotatable bonds is 8. The van der Waals surface area contributed by atoms with Crippen LogP contribution in [0, 0.1) is 13.8 Å². The third-order valence-electron chi connectivity index (χ3n) is 5.10. The Hall–Kier alpha value is -3.36. The fraction of sp³-hybridized carbons (Fsp3) is 0.429. The molecule has 1 N–H and O–H groups in total. The second-order valence-electron chi connectivity index (χ2n) is 7.05. The van der Waals surface area contributed by atoms with Crippen LogP contribution in [-0.4, -0.2) is 54.1 Å². The zero-order valence-corrected chi connectivity index (χ0v) is 17.3. The number of aryl methyl sites for hydroxylation is 2. The van der Waals surface area contributed by atoms with E-state index in [0.717, 1.165) is 11.3 Å². The van der Waals surface area contributed by atoms with E-state index in [1.54, 1.807) is 36.1 Å². The van der Waals surface area contributed by atoms with Crippen molar-refractivity contribution in [3.05, 3.63) is 46.8 Å². The number of ether oxygens (including phenoxy) is 2. The van der Waals surface area contributed by atoms with E-state index in [0.29, 0.717) is 30.0 Å². The third-order valence-corrected chi connectivity index (χ3v) is 5.10. The van der Waals surface area contributed by atoms with Crippen LogP contribution in [0.5, 0.6) is 5.75 Å². The highest BCUT2D eigenvalue weighted by molar-refractivity contribution is 6.00. The Morgan fingerprint density at radius 1 is 1.30 bits per heavy atom. The van der Waals surface area contributed by atoms with Gasteiger partial charge in [-0.05, 0) is 32.4 Å². The Labute approximate surface area is 174 Å². The zero-order valence-electron chi connectivity index (χ0n) is 17.3. The van der Waals surface area contributed by atoms with Crippen LogP contribution >= 0.6 is 0 Å². The molecule has 1 atom stereocenters. The summed E-state index contributed by atoms with van der Waals surface area (Å²) in [5.41, 5.74) is 1.90. The van der Waals surface area contributed by atoms with E-state index in [-0.39, 0.29) is 31.4 Å². The smallest absolute Gasteiger partial charge is 0.307 e. The fourth-order valence-corrected chi connectivity index (χ4v) is 3.30. The van der Waals surface area contributed by atoms with Gasteiger partial charge in [0, 0.05) is 13.1 Å². The average molecular weight is 415 g/mol. The minimum atomic E-state index is -0.634. The van der Waals surface area contributed by atoms with Gasteiger partial charge >= 0.3 is 5.97 Å². The topological polar surface area (TPSA) is 111 Å². The summed E-state index contributed by atoms with van der Waals surface area (Å²) < 4.78 is 15.6. The molecule has 1 aliphatic rings. The van der Waals surface area contributed by atoms with Crippen molar-refractivity contribution < 1.29 is 28.4 Å². The molecule has 2 amide bonds. The quantitative estimate of drug-likeness (QED) is 0.654. The molecule has 1 aromatic heterocycles. The van der Waals surface area contributed by atoms with E-state index >= 15 is 0 Å². The number of hydrogen-bond donors (Lipinski definition) is 1. The second-order valence-corrected chi connectivity index (χ2v) is 7.05. The van der Waals surface area contributed by atoms with Crippen molar-refractivity contribution in [3.63, 3.8) is 0 Å². The van der Waals surface area contributed by atoms with Crippen LogP contribution in [0.4, 0.5) is 0 Å². The lowest BCUT2D eigenvalue weighted by Crippen LogP contribution is -2.42. The van der Waals surface area contributed by atoms with Crippen molar-refractivity contribution in [2.24, 2.45) is 0 Å². The standard InChI is InChI=1S/C21H25N3O6/c1-13-16(14(2)30-23-13)12-29-18-7-5-4-6-15(18)20(26)22-17-8-10-24(21(17)27)11-9-19(25)28-3/h4-7,17H,8-12H2,1-3H3,(H,22,26). The van der Waals surface area contributed by atoms with Crippen LogP contribution in [0.1, 0.15) is 40.2 Å². The summed E-state index contributed by atoms with van der Waals surface area (Å²) in [4.78, 5) is 38.2. The van der Waals surface area contributed by atoms with Gasteiger partial charge in [-0.2, -0.15) is 0 Å². The Morgan fingerprint density at radius 3 is 2.77 bits per heavy atom. The second kappa shape index (κ2) is 9.43. The molecule has 2 heterocycles. The predicted octanol–water partition coefficient (Wildman–Crippen LogP) is 1.76. The number of methoxy groups -OCH3 is 1. The molecular weight excluding hydrogens is 390 g/mol. The van der Waals surface area contributed by atoms with Crippen molar-refractivity contribution in [2.75, 3.05) is 20.2 Å². The highest BCUT2D eigenvalue weighted by Gasteiger charge is 2.33. The average Bonchev–Trinajstić information content (AvgIpc) is 3.26. The third kappa shape index (κ3) is 4.79. The van der Waals surface area contributed by atoms with Gasteiger partial charge in [-0.25, -0.2) is 0 Å². The Morgan fingerprint density at radius 2 is 2.07 bits per heavy atom. The first-order valence-corrected chi connectivity index (χ1v) is 9.70. The number of esters is 1. The highest BCUT2D eigenvalue weighted by Crippen LogP contribution is 2.22. The largest absolute Gasteiger partial charge is 0.488 e. The molecule has 1 fully saturated rings. The Kier molecular flexibility index (Phi) is 6.71. The SMILES string of the molecule is COC(=O)CCN1CCC(NC(=O)c2ccccc2OCc2c(C)noc2C)C1=O. The number of amides is 2. The van der Waals surface area contributed by atoms with Crippen LogP contribution in [-0.2, 0) is 20.9 Å². The van der Waals surface area contributed by atoms with Gasteiger partial charge in [0.1, 0.15) is 24.2 Å². The Bertz CT molecular complexity index is 919. The molecule has 160 valence electrons. The van der Waals surface area contributed by atoms with Crippen molar-refractivity contribution in [2.45, 2.75) is 39.3 Å². The molecule has 0 aliphatic carbocycles. The number of para-hydroxylation sites is 1. The van der Waals surface area contributed by atoms with Crippen LogP contribution in [0.2, 0.25) is 0 Å². The summed E-state index contributed by atoms with van der Waals surface area (Å²) in [6.45, 7) is 4.59. The molecule has 9 heteroatoms. The fourth-order valence-electron chi connectivity index (χ4n) is 3.30. The minimum Gasteiger partial charge on any atom is -0.488 e. The number of carbonyl (C=O) groups is 3. The summed E-state index contributed by atoms with van der Waals surface area (Å²) in [6.07, 6.45) is 0.606. The van der Waals surface area contributed by atoms with Gasteiger partial charge in [-0.3, -0.25) is 14.4 Å². The Balaban J connectivity index is 1.62. The van der Waals surface area contributed by atoms with Gasteiger partial charge in [-0.1, -0.05) is 17.3 Å². The monoisotopic (exact) mass is 415 g/mol. The van der Waals surface area contributed by atoms with Crippen LogP contribution in [0.25, 0.3) is 0 Å². The normalized spacial score (nSPS) is 15.9. The minimum absolute atomic E-state index is 0.126. The van der Waals surface area contributed by atoms with Gasteiger partial charge in [0.25, 0.3) is 5.91 Å². The van der Waals surface area contributed by atoms with Crippen LogP contribution < -0.4 is 10.1 Å². The van der Waals surface area contributed by atoms with Crippen molar-refractivity contribution in [1.82, 2.24) is 15.4 Å². The summed E-state index contributed by atoms with van der Waals surface area (Å²) in [5, 5.41) is 6.67. The summed E-state index contributed by atoms with van der Waals surface area (Å²) in [7, 11) is 1.31. The maximum atomic E-state index is 12.8. The van der Waals surface area contributed by atoms with E-state index in [1.807, 2.05) is 6.92 Å². The van der Waals surface area contributed by atoms with Crippen LogP contribution in [0.15, 0.2) is 28.8 Å². The molecule has 0 radical (unpaired) electrons. The number of aromatic nitrogens is 1. The number of carbonyl (C=O) groups excluding carboxylic acids is 3. The lowest BCUT2D eigenvalue weighted by molar-refractivity contribution is -0.141. The van der Waals surface area contributed by atoms with E-state index in [1.165, 1.54) is 7.11 Å². The van der Waals surface area contributed by atoms with Crippen molar-refractivity contribution in [3.8, 4) is 5.75 Å². The van der Waals surface area contributed by atoms with Crippen molar-refractivity contribution >= 4 is 17.8 Å². The number of nitrogens with zero attached hydrogens (tertiary/aromatic N) is 2. The molecule has 2 aromatic rings. The van der Waals surface area contributed by atoms with Crippen LogP contribution in [0.3, 0.4) is 0 Å². The molecule has 1 unspecified atom stereocenters. The first kappa shape index (κ1) is 21.4. The number of likely N-dealkylation sites (tertiary alicyclic amines) is 1. The summed E-state index contributed by atoms with van der Waals surface area (Å²) >= 11 is 0. The van der Waals surface area contributed by atoms with E-state index in [2.05, 4.69) is 15.2 Å². The highest BCUT2D eigenvalue weighted by atomic mass is 16.5. The molecule has 1 saturated heterocycles. The molecule has 1 aliphatic heterocycles. The number of hydrogen-bond acceptors (Lipinski definition) is 7. The maximum Gasteiger partial charge on any atom is 0.307 e. The molecule has 1 aromatic carbocycles. The summed E-state index contributed by atoms with van der Waals surface area (Å²) in [5.74, 6) is 0.0968. The van der Waals surface area contributed by atoms with Gasteiger partial charge in [-0.15, -0.1) is 0 Å². The first-order valence-electron chi connectivity index (χ1n) is 9.70. The first-order chi connectivity index (χ1) is 14.4. The van der Waals surface area contributed by atoms with E-state index in [9.17, 15) is 14.4 Å². The molecule has 30 heavy (non-hydrogen) atoms. The molecule has 9 nitrogen and oxygen atoms in total. The van der Waals surface area contributed by atoms with E-state index in [4.69, 9.17) is 9.26 Å². The lowest BCUT2D eigenvalue weighted by Gasteiger charge is -2.17. The maximum absolute atomic E-state index is 12.8. The summed E-state index contributed by atoms with van der Waals surface area (Å²) in [6, 6.07) is 6.22. The predicted molar refractivity (Wildman–Crippen MR) is 106 cm³/mol. The van der Waals surface area contributed by atoms with Gasteiger partial charge in [0.05, 0.1) is 30.4 Å². The van der Waals surface area contributed by atoms with E-state index < -0.39 is 11.9 Å². The molecule has 0 spiro atoms. The van der Waals surface area contributed by atoms with Gasteiger partial charge in [0.2, 0.25) is 5.91 Å². The lowest BCUT2D eigenvalue weighted by atomic mass is 10.1. The molecule has 0 saturated carbocycles. The molecular formula is C21H25N3O6.